The molecule has 3 N–H and O–H groups in total. The summed E-state index contributed by atoms with van der Waals surface area (Å²) in [7, 11) is 3.15. The van der Waals surface area contributed by atoms with E-state index in [4.69, 9.17) is 15.2 Å². The second-order valence-electron chi connectivity index (χ2n) is 6.38. The Labute approximate surface area is 174 Å². The number of aryl methyl sites for hydroxylation is 2. The first-order valence-electron chi connectivity index (χ1n) is 9.06. The van der Waals surface area contributed by atoms with Crippen molar-refractivity contribution in [1.29, 1.82) is 0 Å². The molecule has 0 unspecified atom stereocenters. The highest BCUT2D eigenvalue weighted by molar-refractivity contribution is 7.99. The zero-order valence-electron chi connectivity index (χ0n) is 17.1. The number of amides is 2. The van der Waals surface area contributed by atoms with Crippen LogP contribution in [-0.4, -0.2) is 41.8 Å². The van der Waals surface area contributed by atoms with E-state index >= 15 is 0 Å². The van der Waals surface area contributed by atoms with E-state index in [-0.39, 0.29) is 11.7 Å². The van der Waals surface area contributed by atoms with Crippen LogP contribution in [0.5, 0.6) is 11.5 Å². The van der Waals surface area contributed by atoms with E-state index in [0.29, 0.717) is 36.0 Å². The Morgan fingerprint density at radius 1 is 1.10 bits per heavy atom. The number of nitrogens with two attached hydrogens (primary N) is 1. The second kappa shape index (κ2) is 10.7. The lowest BCUT2D eigenvalue weighted by Crippen LogP contribution is -2.23. The van der Waals surface area contributed by atoms with Gasteiger partial charge in [0.2, 0.25) is 11.8 Å². The molecule has 9 heteroatoms. The van der Waals surface area contributed by atoms with Gasteiger partial charge in [-0.25, -0.2) is 9.97 Å². The molecule has 0 aliphatic carbocycles. The molecule has 2 amide bonds. The fourth-order valence-corrected chi connectivity index (χ4v) is 3.46. The van der Waals surface area contributed by atoms with E-state index in [1.807, 2.05) is 32.0 Å². The maximum absolute atomic E-state index is 12.3. The van der Waals surface area contributed by atoms with Gasteiger partial charge in [0.25, 0.3) is 0 Å². The first-order valence-corrected chi connectivity index (χ1v) is 10.1. The van der Waals surface area contributed by atoms with Crippen LogP contribution in [0.4, 0.5) is 0 Å². The van der Waals surface area contributed by atoms with Crippen molar-refractivity contribution in [3.05, 3.63) is 40.7 Å². The molecule has 156 valence electrons. The van der Waals surface area contributed by atoms with Gasteiger partial charge >= 0.3 is 0 Å². The van der Waals surface area contributed by atoms with E-state index in [2.05, 4.69) is 15.3 Å². The lowest BCUT2D eigenvalue weighted by Gasteiger charge is -2.12. The minimum Gasteiger partial charge on any atom is -0.493 e. The Bertz CT molecular complexity index is 866. The number of rotatable bonds is 10. The van der Waals surface area contributed by atoms with Crippen LogP contribution in [0.15, 0.2) is 23.4 Å². The quantitative estimate of drug-likeness (QED) is 0.447. The summed E-state index contributed by atoms with van der Waals surface area (Å²) in [6, 6.07) is 5.53. The van der Waals surface area contributed by atoms with Crippen molar-refractivity contribution in [2.45, 2.75) is 38.4 Å². The Morgan fingerprint density at radius 2 is 1.76 bits per heavy atom. The predicted molar refractivity (Wildman–Crippen MR) is 111 cm³/mol. The molecule has 1 heterocycles. The second-order valence-corrected chi connectivity index (χ2v) is 7.32. The molecule has 2 rings (SSSR count). The van der Waals surface area contributed by atoms with Gasteiger partial charge in [-0.3, -0.25) is 9.59 Å². The number of benzene rings is 1. The molecule has 8 nitrogen and oxygen atoms in total. The molecule has 0 radical (unpaired) electrons. The summed E-state index contributed by atoms with van der Waals surface area (Å²) in [5, 5.41) is 3.42. The molecule has 0 bridgehead atoms. The number of hydrogen-bond donors (Lipinski definition) is 2. The van der Waals surface area contributed by atoms with Crippen molar-refractivity contribution in [2.24, 2.45) is 5.73 Å². The molecular formula is C20H26N4O4S. The number of carbonyl (C=O) groups is 2. The normalized spacial score (nSPS) is 10.5. The molecule has 0 saturated heterocycles. The molecule has 2 aromatic rings. The molecule has 29 heavy (non-hydrogen) atoms. The molecular weight excluding hydrogens is 392 g/mol. The van der Waals surface area contributed by atoms with Gasteiger partial charge in [0.05, 0.1) is 20.0 Å². The standard InChI is InChI=1S/C20H26N4O4S/c1-12-15(13(2)24-20(23-12)29-11-18(21)25)6-8-19(26)22-10-14-5-7-16(27-3)17(9-14)28-4/h5,7,9H,6,8,10-11H2,1-4H3,(H2,21,25)(H,22,26). The smallest absolute Gasteiger partial charge is 0.227 e. The topological polar surface area (TPSA) is 116 Å². The van der Waals surface area contributed by atoms with Gasteiger partial charge in [-0.15, -0.1) is 0 Å². The third-order valence-corrected chi connectivity index (χ3v) is 5.15. The molecule has 0 spiro atoms. The number of hydrogen-bond acceptors (Lipinski definition) is 7. The number of aromatic nitrogens is 2. The van der Waals surface area contributed by atoms with Crippen molar-refractivity contribution in [1.82, 2.24) is 15.3 Å². The predicted octanol–water partition coefficient (Wildman–Crippen LogP) is 1.94. The largest absolute Gasteiger partial charge is 0.493 e. The molecule has 0 fully saturated rings. The monoisotopic (exact) mass is 418 g/mol. The highest BCUT2D eigenvalue weighted by atomic mass is 32.2. The third kappa shape index (κ3) is 6.63. The number of carbonyl (C=O) groups excluding carboxylic acids is 2. The van der Waals surface area contributed by atoms with E-state index in [9.17, 15) is 9.59 Å². The van der Waals surface area contributed by atoms with Crippen LogP contribution in [0.1, 0.15) is 28.9 Å². The summed E-state index contributed by atoms with van der Waals surface area (Å²) >= 11 is 1.21. The number of ether oxygens (including phenoxy) is 2. The Hall–Kier alpha value is -2.81. The fourth-order valence-electron chi connectivity index (χ4n) is 2.79. The zero-order chi connectivity index (χ0) is 21.4. The van der Waals surface area contributed by atoms with E-state index in [1.54, 1.807) is 14.2 Å². The zero-order valence-corrected chi connectivity index (χ0v) is 17.9. The third-order valence-electron chi connectivity index (χ3n) is 4.28. The van der Waals surface area contributed by atoms with Gasteiger partial charge in [0, 0.05) is 24.4 Å². The molecule has 1 aromatic carbocycles. The van der Waals surface area contributed by atoms with Crippen LogP contribution in [0, 0.1) is 13.8 Å². The number of nitrogens with one attached hydrogen (secondary N) is 1. The van der Waals surface area contributed by atoms with E-state index < -0.39 is 5.91 Å². The van der Waals surface area contributed by atoms with Gasteiger partial charge in [0.1, 0.15) is 0 Å². The highest BCUT2D eigenvalue weighted by Crippen LogP contribution is 2.27. The first-order chi connectivity index (χ1) is 13.8. The van der Waals surface area contributed by atoms with Crippen LogP contribution >= 0.6 is 11.8 Å². The van der Waals surface area contributed by atoms with Gasteiger partial charge < -0.3 is 20.5 Å². The molecule has 0 saturated carbocycles. The first kappa shape index (κ1) is 22.5. The van der Waals surface area contributed by atoms with Gasteiger partial charge in [0.15, 0.2) is 16.7 Å². The average molecular weight is 419 g/mol. The summed E-state index contributed by atoms with van der Waals surface area (Å²) in [6.45, 7) is 4.15. The van der Waals surface area contributed by atoms with Gasteiger partial charge in [-0.05, 0) is 43.5 Å². The van der Waals surface area contributed by atoms with Gasteiger partial charge in [-0.1, -0.05) is 17.8 Å². The van der Waals surface area contributed by atoms with E-state index in [0.717, 1.165) is 22.5 Å². The summed E-state index contributed by atoms with van der Waals surface area (Å²) in [4.78, 5) is 32.0. The summed E-state index contributed by atoms with van der Waals surface area (Å²) in [5.41, 5.74) is 8.62. The van der Waals surface area contributed by atoms with Crippen LogP contribution in [0.25, 0.3) is 0 Å². The SMILES string of the molecule is COc1ccc(CNC(=O)CCc2c(C)nc(SCC(N)=O)nc2C)cc1OC. The lowest BCUT2D eigenvalue weighted by atomic mass is 10.1. The minimum absolute atomic E-state index is 0.0641. The van der Waals surface area contributed by atoms with Crippen molar-refractivity contribution in [2.75, 3.05) is 20.0 Å². The van der Waals surface area contributed by atoms with Crippen molar-refractivity contribution in [3.8, 4) is 11.5 Å². The molecule has 0 aliphatic rings. The summed E-state index contributed by atoms with van der Waals surface area (Å²) in [6.07, 6.45) is 0.863. The summed E-state index contributed by atoms with van der Waals surface area (Å²) in [5.74, 6) is 0.925. The maximum atomic E-state index is 12.3. The van der Waals surface area contributed by atoms with Crippen molar-refractivity contribution < 1.29 is 19.1 Å². The molecule has 1 aromatic heterocycles. The van der Waals surface area contributed by atoms with Crippen LogP contribution in [-0.2, 0) is 22.6 Å². The fraction of sp³-hybridized carbons (Fsp3) is 0.400. The highest BCUT2D eigenvalue weighted by Gasteiger charge is 2.12. The van der Waals surface area contributed by atoms with Gasteiger partial charge in [-0.2, -0.15) is 0 Å². The van der Waals surface area contributed by atoms with Crippen LogP contribution < -0.4 is 20.5 Å². The van der Waals surface area contributed by atoms with Crippen LogP contribution in [0.3, 0.4) is 0 Å². The van der Waals surface area contributed by atoms with Crippen molar-refractivity contribution >= 4 is 23.6 Å². The molecule has 0 aliphatic heterocycles. The average Bonchev–Trinajstić information content (AvgIpc) is 2.69. The van der Waals surface area contributed by atoms with E-state index in [1.165, 1.54) is 11.8 Å². The Morgan fingerprint density at radius 3 is 2.34 bits per heavy atom. The lowest BCUT2D eigenvalue weighted by molar-refractivity contribution is -0.121. The number of methoxy groups -OCH3 is 2. The number of nitrogens with zero attached hydrogens (tertiary/aromatic N) is 2. The summed E-state index contributed by atoms with van der Waals surface area (Å²) < 4.78 is 10.5. The molecule has 0 atom stereocenters. The Kier molecular flexibility index (Phi) is 8.26. The van der Waals surface area contributed by atoms with Crippen LogP contribution in [0.2, 0.25) is 0 Å². The number of thioether (sulfide) groups is 1. The number of primary amides is 1. The Balaban J connectivity index is 1.91. The maximum Gasteiger partial charge on any atom is 0.227 e. The van der Waals surface area contributed by atoms with Crippen molar-refractivity contribution in [3.63, 3.8) is 0 Å². The minimum atomic E-state index is -0.413.